The Balaban J connectivity index is 1.15. The Kier molecular flexibility index (Phi) is 8.32. The predicted octanol–water partition coefficient (Wildman–Crippen LogP) is 3.05. The molecule has 2 aromatic rings. The molecule has 2 heterocycles. The van der Waals surface area contributed by atoms with Crippen LogP contribution in [0.5, 0.6) is 5.75 Å². The molecule has 0 radical (unpaired) electrons. The average molecular weight is 515 g/mol. The van der Waals surface area contributed by atoms with Gasteiger partial charge in [0.1, 0.15) is 12.4 Å². The van der Waals surface area contributed by atoms with E-state index >= 15 is 0 Å². The van der Waals surface area contributed by atoms with Gasteiger partial charge in [0.15, 0.2) is 0 Å². The summed E-state index contributed by atoms with van der Waals surface area (Å²) < 4.78 is 10.4. The van der Waals surface area contributed by atoms with Gasteiger partial charge < -0.3 is 19.7 Å². The lowest BCUT2D eigenvalue weighted by Gasteiger charge is -2.41. The quantitative estimate of drug-likeness (QED) is 0.401. The number of ether oxygens (including phenoxy) is 2. The molecule has 0 saturated carbocycles. The molecule has 11 heteroatoms. The van der Waals surface area contributed by atoms with Gasteiger partial charge in [0.05, 0.1) is 24.1 Å². The molecule has 1 N–H and O–H groups in total. The minimum absolute atomic E-state index is 0.0155. The fourth-order valence-electron chi connectivity index (χ4n) is 4.33. The first-order valence-electron chi connectivity index (χ1n) is 11.7. The van der Waals surface area contributed by atoms with E-state index in [2.05, 4.69) is 22.3 Å². The molecule has 4 rings (SSSR count). The van der Waals surface area contributed by atoms with Gasteiger partial charge in [-0.1, -0.05) is 12.1 Å². The molecule has 36 heavy (non-hydrogen) atoms. The van der Waals surface area contributed by atoms with Gasteiger partial charge in [-0.15, -0.1) is 0 Å². The summed E-state index contributed by atoms with van der Waals surface area (Å²) in [6.45, 7) is 1.79. The van der Waals surface area contributed by atoms with Crippen molar-refractivity contribution in [3.63, 3.8) is 0 Å². The lowest BCUT2D eigenvalue weighted by atomic mass is 10.1. The molecule has 0 aromatic heterocycles. The normalized spacial score (nSPS) is 20.0. The molecule has 2 saturated heterocycles. The van der Waals surface area contributed by atoms with Crippen molar-refractivity contribution >= 4 is 29.4 Å². The van der Waals surface area contributed by atoms with Gasteiger partial charge in [-0.05, 0) is 48.9 Å². The Bertz CT molecular complexity index is 1070. The first-order chi connectivity index (χ1) is 17.3. The monoisotopic (exact) mass is 514 g/mol. The smallest absolute Gasteiger partial charge is 0.407 e. The number of non-ortho nitro benzene ring substituents is 1. The largest absolute Gasteiger partial charge is 0.497 e. The van der Waals surface area contributed by atoms with Gasteiger partial charge in [0.2, 0.25) is 5.91 Å². The fraction of sp³-hybridized carbons (Fsp3) is 0.440. The fourth-order valence-corrected chi connectivity index (χ4v) is 5.61. The molecule has 0 bridgehead atoms. The Morgan fingerprint density at radius 1 is 1.08 bits per heavy atom. The zero-order valence-electron chi connectivity index (χ0n) is 20.3. The molecular weight excluding hydrogens is 484 g/mol. The van der Waals surface area contributed by atoms with Crippen LogP contribution in [0.4, 0.5) is 10.5 Å². The van der Waals surface area contributed by atoms with E-state index in [0.29, 0.717) is 23.9 Å². The molecule has 0 unspecified atom stereocenters. The predicted molar refractivity (Wildman–Crippen MR) is 136 cm³/mol. The molecule has 2 aromatic carbocycles. The van der Waals surface area contributed by atoms with Crippen LogP contribution < -0.4 is 10.1 Å². The van der Waals surface area contributed by atoms with E-state index in [-0.39, 0.29) is 30.3 Å². The van der Waals surface area contributed by atoms with Crippen molar-refractivity contribution in [2.24, 2.45) is 0 Å². The van der Waals surface area contributed by atoms with Crippen molar-refractivity contribution in [1.29, 1.82) is 0 Å². The maximum atomic E-state index is 13.0. The number of rotatable bonds is 9. The minimum Gasteiger partial charge on any atom is -0.497 e. The van der Waals surface area contributed by atoms with Gasteiger partial charge in [-0.3, -0.25) is 19.8 Å². The molecule has 192 valence electrons. The van der Waals surface area contributed by atoms with Crippen LogP contribution in [0.3, 0.4) is 0 Å². The van der Waals surface area contributed by atoms with E-state index < -0.39 is 11.0 Å². The minimum atomic E-state index is -0.571. The van der Waals surface area contributed by atoms with Crippen LogP contribution in [-0.2, 0) is 21.9 Å². The van der Waals surface area contributed by atoms with Gasteiger partial charge >= 0.3 is 6.09 Å². The number of alkyl carbamates (subject to hydrolysis) is 1. The van der Waals surface area contributed by atoms with Crippen LogP contribution in [0.25, 0.3) is 0 Å². The Morgan fingerprint density at radius 3 is 2.39 bits per heavy atom. The van der Waals surface area contributed by atoms with Crippen molar-refractivity contribution in [3.8, 4) is 5.75 Å². The number of carbonyl (C=O) groups excluding carboxylic acids is 2. The highest BCUT2D eigenvalue weighted by Crippen LogP contribution is 2.31. The summed E-state index contributed by atoms with van der Waals surface area (Å²) >= 11 is 1.87. The molecular formula is C25H30N4O6S. The van der Waals surface area contributed by atoms with Crippen LogP contribution in [0.15, 0.2) is 48.5 Å². The van der Waals surface area contributed by atoms with Crippen molar-refractivity contribution in [1.82, 2.24) is 15.1 Å². The third-order valence-corrected chi connectivity index (χ3v) is 7.78. The summed E-state index contributed by atoms with van der Waals surface area (Å²) in [4.78, 5) is 39.2. The lowest BCUT2D eigenvalue weighted by molar-refractivity contribution is -0.384. The van der Waals surface area contributed by atoms with Crippen molar-refractivity contribution in [3.05, 3.63) is 69.8 Å². The van der Waals surface area contributed by atoms with E-state index in [1.54, 1.807) is 24.1 Å². The number of thioether (sulfide) groups is 1. The van der Waals surface area contributed by atoms with Crippen LogP contribution in [-0.4, -0.2) is 77.8 Å². The Hall–Kier alpha value is -3.31. The number of carbonyl (C=O) groups is 2. The highest BCUT2D eigenvalue weighted by Gasteiger charge is 2.41. The van der Waals surface area contributed by atoms with Crippen LogP contribution in [0.2, 0.25) is 0 Å². The highest BCUT2D eigenvalue weighted by molar-refractivity contribution is 7.99. The summed E-state index contributed by atoms with van der Waals surface area (Å²) in [5, 5.41) is 13.9. The van der Waals surface area contributed by atoms with E-state index in [1.165, 1.54) is 17.7 Å². The van der Waals surface area contributed by atoms with Gasteiger partial charge in [0, 0.05) is 42.8 Å². The first-order valence-corrected chi connectivity index (χ1v) is 12.8. The Labute approximate surface area is 214 Å². The summed E-state index contributed by atoms with van der Waals surface area (Å²) in [5.74, 6) is 1.83. The number of amides is 2. The van der Waals surface area contributed by atoms with Gasteiger partial charge in [-0.25, -0.2) is 4.79 Å². The number of hydrogen-bond acceptors (Lipinski definition) is 8. The average Bonchev–Trinajstić information content (AvgIpc) is 3.24. The summed E-state index contributed by atoms with van der Waals surface area (Å²) in [6.07, 6.45) is 0.237. The third kappa shape index (κ3) is 6.46. The van der Waals surface area contributed by atoms with Crippen molar-refractivity contribution in [2.45, 2.75) is 36.1 Å². The molecule has 2 aliphatic rings. The molecule has 0 aliphatic carbocycles. The first kappa shape index (κ1) is 25.8. The molecule has 2 fully saturated rings. The van der Waals surface area contributed by atoms with Crippen LogP contribution in [0, 0.1) is 10.1 Å². The van der Waals surface area contributed by atoms with E-state index in [4.69, 9.17) is 9.47 Å². The number of likely N-dealkylation sites (N-methyl/N-ethyl adjacent to an activating group) is 1. The molecule has 2 atom stereocenters. The van der Waals surface area contributed by atoms with Gasteiger partial charge in [0.25, 0.3) is 5.69 Å². The maximum absolute atomic E-state index is 13.0. The number of nitrogens with one attached hydrogen (secondary N) is 1. The summed E-state index contributed by atoms with van der Waals surface area (Å²) in [6, 6.07) is 13.6. The number of nitro benzene ring substituents is 1. The SMILES string of the molecule is COc1ccc(CS[C@H]2C[C@@H](C(=O)N3CC(NC(=O)OCc4ccc([N+](=O)[O-])cc4)C3)N(C)C2)cc1. The summed E-state index contributed by atoms with van der Waals surface area (Å²) in [5.41, 5.74) is 1.87. The van der Waals surface area contributed by atoms with Crippen LogP contribution in [0.1, 0.15) is 17.5 Å². The number of nitro groups is 1. The second-order valence-corrected chi connectivity index (χ2v) is 10.3. The summed E-state index contributed by atoms with van der Waals surface area (Å²) in [7, 11) is 3.64. The number of hydrogen-bond donors (Lipinski definition) is 1. The zero-order valence-corrected chi connectivity index (χ0v) is 21.1. The van der Waals surface area contributed by atoms with Crippen LogP contribution >= 0.6 is 11.8 Å². The van der Waals surface area contributed by atoms with Crippen molar-refractivity contribution < 1.29 is 24.0 Å². The lowest BCUT2D eigenvalue weighted by Crippen LogP contribution is -2.63. The zero-order chi connectivity index (χ0) is 25.7. The molecule has 10 nitrogen and oxygen atoms in total. The highest BCUT2D eigenvalue weighted by atomic mass is 32.2. The topological polar surface area (TPSA) is 114 Å². The van der Waals surface area contributed by atoms with E-state index in [9.17, 15) is 19.7 Å². The van der Waals surface area contributed by atoms with E-state index in [0.717, 1.165) is 24.5 Å². The van der Waals surface area contributed by atoms with Crippen molar-refractivity contribution in [2.75, 3.05) is 33.8 Å². The van der Waals surface area contributed by atoms with Gasteiger partial charge in [-0.2, -0.15) is 11.8 Å². The molecule has 0 spiro atoms. The second-order valence-electron chi connectivity index (χ2n) is 9.06. The second kappa shape index (κ2) is 11.6. The third-order valence-electron chi connectivity index (χ3n) is 6.47. The standard InChI is InChI=1S/C25H30N4O6S/c1-27-14-22(36-16-18-5-9-21(34-2)10-6-18)11-23(27)24(30)28-12-19(13-28)26-25(31)35-15-17-3-7-20(8-4-17)29(32)33/h3-10,19,22-23H,11-16H2,1-2H3,(H,26,31)/t22-,23-/m0/s1. The number of likely N-dealkylation sites (tertiary alicyclic amines) is 2. The maximum Gasteiger partial charge on any atom is 0.407 e. The Morgan fingerprint density at radius 2 is 1.75 bits per heavy atom. The number of benzene rings is 2. The van der Waals surface area contributed by atoms with E-state index in [1.807, 2.05) is 30.9 Å². The molecule has 2 aliphatic heterocycles. The molecule has 2 amide bonds. The number of nitrogens with zero attached hydrogens (tertiary/aromatic N) is 3. The number of methoxy groups -OCH3 is 1.